The van der Waals surface area contributed by atoms with Crippen LogP contribution in [-0.4, -0.2) is 44.1 Å². The smallest absolute Gasteiger partial charge is 0.285 e. The molecule has 0 bridgehead atoms. The van der Waals surface area contributed by atoms with Crippen LogP contribution in [0.3, 0.4) is 0 Å². The third-order valence-corrected chi connectivity index (χ3v) is 6.68. The molecule has 31 heavy (non-hydrogen) atoms. The Morgan fingerprint density at radius 3 is 2.45 bits per heavy atom. The van der Waals surface area contributed by atoms with E-state index in [1.54, 1.807) is 23.1 Å². The Bertz CT molecular complexity index is 1220. The third-order valence-electron chi connectivity index (χ3n) is 5.36. The fourth-order valence-corrected chi connectivity index (χ4v) is 4.97. The second-order valence-corrected chi connectivity index (χ2v) is 8.89. The number of anilines is 1. The van der Waals surface area contributed by atoms with Gasteiger partial charge in [0.2, 0.25) is 5.91 Å². The predicted molar refractivity (Wildman–Crippen MR) is 108 cm³/mol. The van der Waals surface area contributed by atoms with Crippen LogP contribution in [0.15, 0.2) is 45.7 Å². The number of hydrogen-bond donors (Lipinski definition) is 2. The highest BCUT2D eigenvalue weighted by atomic mass is 32.2. The second-order valence-electron chi connectivity index (χ2n) is 7.31. The van der Waals surface area contributed by atoms with Gasteiger partial charge >= 0.3 is 0 Å². The monoisotopic (exact) mass is 448 g/mol. The number of sulfonamides is 1. The zero-order valence-electron chi connectivity index (χ0n) is 16.1. The van der Waals surface area contributed by atoms with Crippen LogP contribution in [0, 0.1) is 17.6 Å². The summed E-state index contributed by atoms with van der Waals surface area (Å²) in [5.74, 6) is -3.81. The topological polar surface area (TPSA) is 122 Å². The molecule has 0 spiro atoms. The van der Waals surface area contributed by atoms with Crippen LogP contribution in [-0.2, 0) is 14.8 Å². The highest BCUT2D eigenvalue weighted by Crippen LogP contribution is 2.30. The quantitative estimate of drug-likeness (QED) is 0.742. The van der Waals surface area contributed by atoms with Gasteiger partial charge in [-0.1, -0.05) is 12.1 Å². The van der Waals surface area contributed by atoms with Crippen LogP contribution in [0.1, 0.15) is 28.8 Å². The van der Waals surface area contributed by atoms with Crippen molar-refractivity contribution in [3.8, 4) is 0 Å². The lowest BCUT2D eigenvalue weighted by molar-refractivity contribution is -0.121. The molecule has 0 saturated carbocycles. The lowest BCUT2D eigenvalue weighted by Gasteiger charge is -2.32. The highest BCUT2D eigenvalue weighted by Gasteiger charge is 2.34. The number of rotatable bonds is 3. The number of amidine groups is 1. The molecular weight excluding hydrogens is 430 g/mol. The Labute approximate surface area is 176 Å². The van der Waals surface area contributed by atoms with Crippen molar-refractivity contribution < 1.29 is 26.8 Å². The standard InChI is InChI=1S/C20H18F2N4O4S/c21-14-10-15(22)16(9-13(14)18(23)27)24-20(28)11-5-7-26(8-6-11)19-12-3-1-2-4-17(12)31(29,30)25-19/h1-4,9-11H,5-8H2,(H2,23,27)(H,24,28). The summed E-state index contributed by atoms with van der Waals surface area (Å²) in [7, 11) is -3.74. The summed E-state index contributed by atoms with van der Waals surface area (Å²) in [4.78, 5) is 25.8. The van der Waals surface area contributed by atoms with E-state index in [9.17, 15) is 26.8 Å². The maximum Gasteiger partial charge on any atom is 0.285 e. The summed E-state index contributed by atoms with van der Waals surface area (Å²) in [6, 6.07) is 7.91. The van der Waals surface area contributed by atoms with Crippen molar-refractivity contribution in [1.82, 2.24) is 4.90 Å². The van der Waals surface area contributed by atoms with E-state index in [0.717, 1.165) is 6.07 Å². The Kier molecular flexibility index (Phi) is 5.21. The molecule has 0 radical (unpaired) electrons. The van der Waals surface area contributed by atoms with E-state index in [1.807, 2.05) is 0 Å². The Morgan fingerprint density at radius 2 is 1.77 bits per heavy atom. The molecule has 3 N–H and O–H groups in total. The summed E-state index contributed by atoms with van der Waals surface area (Å²) in [5.41, 5.74) is 4.73. The van der Waals surface area contributed by atoms with Gasteiger partial charge in [0.25, 0.3) is 15.9 Å². The summed E-state index contributed by atoms with van der Waals surface area (Å²) in [6.07, 6.45) is 0.747. The number of benzene rings is 2. The lowest BCUT2D eigenvalue weighted by Crippen LogP contribution is -2.41. The molecule has 0 atom stereocenters. The number of nitrogens with zero attached hydrogens (tertiary/aromatic N) is 2. The van der Waals surface area contributed by atoms with Gasteiger partial charge in [-0.3, -0.25) is 9.59 Å². The average molecular weight is 448 g/mol. The van der Waals surface area contributed by atoms with Crippen LogP contribution in [0.2, 0.25) is 0 Å². The molecule has 2 aromatic rings. The number of primary amides is 1. The number of carbonyl (C=O) groups is 2. The van der Waals surface area contributed by atoms with E-state index in [-0.39, 0.29) is 10.6 Å². The molecule has 0 unspecified atom stereocenters. The molecule has 0 aliphatic carbocycles. The van der Waals surface area contributed by atoms with Crippen molar-refractivity contribution in [2.75, 3.05) is 18.4 Å². The molecule has 1 saturated heterocycles. The van der Waals surface area contributed by atoms with E-state index in [4.69, 9.17) is 5.73 Å². The first-order valence-corrected chi connectivity index (χ1v) is 10.9. The SMILES string of the molecule is NC(=O)c1cc(NC(=O)C2CCN(C3=NS(=O)(=O)c4ccccc43)CC2)c(F)cc1F. The maximum absolute atomic E-state index is 14.0. The van der Waals surface area contributed by atoms with Gasteiger partial charge in [0.05, 0.1) is 11.3 Å². The summed E-state index contributed by atoms with van der Waals surface area (Å²) < 4.78 is 56.0. The number of likely N-dealkylation sites (tertiary alicyclic amines) is 1. The molecular formula is C20H18F2N4O4S. The molecule has 2 aliphatic heterocycles. The Hall–Kier alpha value is -3.34. The number of nitrogens with two attached hydrogens (primary N) is 1. The first kappa shape index (κ1) is 20.9. The molecule has 2 amide bonds. The summed E-state index contributed by atoms with van der Waals surface area (Å²) >= 11 is 0. The number of hydrogen-bond acceptors (Lipinski definition) is 5. The van der Waals surface area contributed by atoms with Crippen LogP contribution in [0.5, 0.6) is 0 Å². The Balaban J connectivity index is 1.45. The van der Waals surface area contributed by atoms with E-state index in [2.05, 4.69) is 9.71 Å². The lowest BCUT2D eigenvalue weighted by atomic mass is 9.95. The molecule has 11 heteroatoms. The summed E-state index contributed by atoms with van der Waals surface area (Å²) in [5, 5.41) is 2.38. The van der Waals surface area contributed by atoms with E-state index in [1.165, 1.54) is 6.07 Å². The van der Waals surface area contributed by atoms with Gasteiger partial charge in [0.1, 0.15) is 16.5 Å². The van der Waals surface area contributed by atoms with Crippen LogP contribution >= 0.6 is 0 Å². The van der Waals surface area contributed by atoms with Crippen molar-refractivity contribution >= 4 is 33.4 Å². The first-order valence-electron chi connectivity index (χ1n) is 9.46. The normalized spacial score (nSPS) is 17.7. The molecule has 4 rings (SSSR count). The maximum atomic E-state index is 14.0. The van der Waals surface area contributed by atoms with Gasteiger partial charge in [0, 0.05) is 30.6 Å². The molecule has 2 aromatic carbocycles. The van der Waals surface area contributed by atoms with Crippen molar-refractivity contribution in [3.05, 3.63) is 59.2 Å². The van der Waals surface area contributed by atoms with Crippen molar-refractivity contribution in [3.63, 3.8) is 0 Å². The van der Waals surface area contributed by atoms with Crippen LogP contribution in [0.4, 0.5) is 14.5 Å². The second kappa shape index (κ2) is 7.73. The van der Waals surface area contributed by atoms with Gasteiger partial charge in [-0.2, -0.15) is 8.42 Å². The van der Waals surface area contributed by atoms with Crippen LogP contribution in [0.25, 0.3) is 0 Å². The zero-order valence-corrected chi connectivity index (χ0v) is 17.0. The number of piperidine rings is 1. The number of carbonyl (C=O) groups excluding carboxylic acids is 2. The van der Waals surface area contributed by atoms with Gasteiger partial charge in [-0.15, -0.1) is 4.40 Å². The number of fused-ring (bicyclic) bond motifs is 1. The van der Waals surface area contributed by atoms with E-state index in [0.29, 0.717) is 43.4 Å². The van der Waals surface area contributed by atoms with E-state index >= 15 is 0 Å². The molecule has 2 aliphatic rings. The largest absolute Gasteiger partial charge is 0.366 e. The Morgan fingerprint density at radius 1 is 1.10 bits per heavy atom. The third kappa shape index (κ3) is 3.88. The van der Waals surface area contributed by atoms with Gasteiger partial charge in [0.15, 0.2) is 5.84 Å². The minimum Gasteiger partial charge on any atom is -0.366 e. The van der Waals surface area contributed by atoms with Crippen molar-refractivity contribution in [1.29, 1.82) is 0 Å². The zero-order chi connectivity index (χ0) is 22.3. The fraction of sp³-hybridized carbons (Fsp3) is 0.250. The summed E-state index contributed by atoms with van der Waals surface area (Å²) in [6.45, 7) is 0.748. The minimum absolute atomic E-state index is 0.155. The van der Waals surface area contributed by atoms with Crippen LogP contribution < -0.4 is 11.1 Å². The van der Waals surface area contributed by atoms with E-state index < -0.39 is 45.0 Å². The first-order chi connectivity index (χ1) is 14.7. The van der Waals surface area contributed by atoms with Gasteiger partial charge in [-0.25, -0.2) is 8.78 Å². The molecule has 1 fully saturated rings. The number of halogens is 2. The number of nitrogens with one attached hydrogen (secondary N) is 1. The fourth-order valence-electron chi connectivity index (χ4n) is 3.74. The average Bonchev–Trinajstić information content (AvgIpc) is 3.01. The van der Waals surface area contributed by atoms with Crippen molar-refractivity contribution in [2.24, 2.45) is 16.0 Å². The minimum atomic E-state index is -3.74. The van der Waals surface area contributed by atoms with Crippen molar-refractivity contribution in [2.45, 2.75) is 17.7 Å². The van der Waals surface area contributed by atoms with Gasteiger partial charge < -0.3 is 16.0 Å². The predicted octanol–water partition coefficient (Wildman–Crippen LogP) is 1.86. The highest BCUT2D eigenvalue weighted by molar-refractivity contribution is 7.90. The molecule has 2 heterocycles. The molecule has 0 aromatic heterocycles. The number of amides is 2. The molecule has 162 valence electrons. The van der Waals surface area contributed by atoms with Gasteiger partial charge in [-0.05, 0) is 31.0 Å². The molecule has 8 nitrogen and oxygen atoms in total.